The van der Waals surface area contributed by atoms with Gasteiger partial charge in [-0.1, -0.05) is 52.8 Å². The van der Waals surface area contributed by atoms with Crippen molar-refractivity contribution in [1.29, 1.82) is 0 Å². The third-order valence-corrected chi connectivity index (χ3v) is 11.8. The predicted octanol–water partition coefficient (Wildman–Crippen LogP) is 6.61. The van der Waals surface area contributed by atoms with E-state index in [1.165, 1.54) is 0 Å². The van der Waals surface area contributed by atoms with Crippen LogP contribution in [0.2, 0.25) is 18.1 Å². The molecule has 0 saturated carbocycles. The number of ether oxygens (including phenoxy) is 3. The van der Waals surface area contributed by atoms with Gasteiger partial charge in [-0.15, -0.1) is 6.58 Å². The highest BCUT2D eigenvalue weighted by molar-refractivity contribution is 6.74. The third kappa shape index (κ3) is 6.44. The molecule has 0 radical (unpaired) electrons. The molecular formula is C26H44O4Si. The molecule has 1 saturated heterocycles. The summed E-state index contributed by atoms with van der Waals surface area (Å²) < 4.78 is 25.1. The van der Waals surface area contributed by atoms with Crippen molar-refractivity contribution in [3.05, 3.63) is 42.5 Å². The first-order valence-electron chi connectivity index (χ1n) is 11.6. The van der Waals surface area contributed by atoms with Gasteiger partial charge in [0.2, 0.25) is 0 Å². The van der Waals surface area contributed by atoms with Crippen molar-refractivity contribution in [2.24, 2.45) is 11.8 Å². The van der Waals surface area contributed by atoms with Crippen LogP contribution in [0.1, 0.15) is 53.5 Å². The summed E-state index contributed by atoms with van der Waals surface area (Å²) in [7, 11) is -0.210. The SMILES string of the molecule is C=CC[C@H]1O[C@@H]([C@H](C)O[Si](C)(C)C(C)(C)C)[C@H](C)[C@@H](OCc2ccc(OC)cc2)[C@H]1C. The van der Waals surface area contributed by atoms with Crippen LogP contribution in [0.4, 0.5) is 0 Å². The van der Waals surface area contributed by atoms with Gasteiger partial charge in [-0.3, -0.25) is 0 Å². The van der Waals surface area contributed by atoms with Crippen LogP contribution in [-0.2, 0) is 20.5 Å². The highest BCUT2D eigenvalue weighted by Gasteiger charge is 2.46. The maximum Gasteiger partial charge on any atom is 0.192 e. The lowest BCUT2D eigenvalue weighted by atomic mass is 9.80. The molecule has 31 heavy (non-hydrogen) atoms. The zero-order valence-electron chi connectivity index (χ0n) is 21.1. The van der Waals surface area contributed by atoms with Crippen molar-refractivity contribution >= 4 is 8.32 Å². The van der Waals surface area contributed by atoms with Crippen LogP contribution in [-0.4, -0.2) is 39.8 Å². The highest BCUT2D eigenvalue weighted by atomic mass is 28.4. The van der Waals surface area contributed by atoms with Crippen LogP contribution in [0, 0.1) is 11.8 Å². The molecule has 0 amide bonds. The number of hydrogen-bond acceptors (Lipinski definition) is 4. The molecule has 1 aliphatic heterocycles. The van der Waals surface area contributed by atoms with Gasteiger partial charge in [0.15, 0.2) is 8.32 Å². The maximum absolute atomic E-state index is 6.73. The van der Waals surface area contributed by atoms with Gasteiger partial charge in [0, 0.05) is 11.8 Å². The lowest BCUT2D eigenvalue weighted by Crippen LogP contribution is -2.56. The number of rotatable bonds is 9. The van der Waals surface area contributed by atoms with Crippen LogP contribution in [0.25, 0.3) is 0 Å². The van der Waals surface area contributed by atoms with Crippen molar-refractivity contribution in [3.63, 3.8) is 0 Å². The zero-order valence-corrected chi connectivity index (χ0v) is 22.1. The van der Waals surface area contributed by atoms with Gasteiger partial charge in [0.1, 0.15) is 5.75 Å². The van der Waals surface area contributed by atoms with Gasteiger partial charge in [0.25, 0.3) is 0 Å². The van der Waals surface area contributed by atoms with Crippen LogP contribution in [0.15, 0.2) is 36.9 Å². The van der Waals surface area contributed by atoms with Crippen molar-refractivity contribution in [3.8, 4) is 5.75 Å². The zero-order chi connectivity index (χ0) is 23.4. The molecule has 0 aromatic heterocycles. The van der Waals surface area contributed by atoms with Gasteiger partial charge < -0.3 is 18.6 Å². The molecule has 6 atom stereocenters. The standard InChI is InChI=1S/C26H44O4Si/c1-11-12-23-18(2)24(28-17-21-13-15-22(27-8)16-14-21)19(3)25(29-23)20(4)30-31(9,10)26(5,6)7/h11,13-16,18-20,23-25H,1,12,17H2,2-10H3/t18-,19+,20-,23+,24-,25+/m0/s1. The second-order valence-corrected chi connectivity index (χ2v) is 15.3. The van der Waals surface area contributed by atoms with Crippen LogP contribution in [0.5, 0.6) is 5.75 Å². The van der Waals surface area contributed by atoms with E-state index in [0.717, 1.165) is 17.7 Å². The first-order chi connectivity index (χ1) is 14.4. The van der Waals surface area contributed by atoms with Crippen molar-refractivity contribution < 1.29 is 18.6 Å². The van der Waals surface area contributed by atoms with Crippen LogP contribution >= 0.6 is 0 Å². The summed E-state index contributed by atoms with van der Waals surface area (Å²) in [5.74, 6) is 1.37. The van der Waals surface area contributed by atoms with Crippen molar-refractivity contribution in [2.75, 3.05) is 7.11 Å². The molecule has 1 fully saturated rings. The van der Waals surface area contributed by atoms with Gasteiger partial charge >= 0.3 is 0 Å². The summed E-state index contributed by atoms with van der Waals surface area (Å²) in [6, 6.07) is 8.09. The Kier molecular flexibility index (Phi) is 8.97. The lowest BCUT2D eigenvalue weighted by Gasteiger charge is -2.48. The van der Waals surface area contributed by atoms with E-state index < -0.39 is 8.32 Å². The molecule has 1 aromatic rings. The fourth-order valence-corrected chi connectivity index (χ4v) is 5.64. The Balaban J connectivity index is 2.16. The predicted molar refractivity (Wildman–Crippen MR) is 131 cm³/mol. The molecule has 1 aliphatic rings. The molecule has 4 nitrogen and oxygen atoms in total. The first kappa shape index (κ1) is 26.1. The topological polar surface area (TPSA) is 36.9 Å². The van der Waals surface area contributed by atoms with Crippen molar-refractivity contribution in [2.45, 2.75) is 97.1 Å². The molecule has 176 valence electrons. The molecule has 0 aliphatic carbocycles. The Bertz CT molecular complexity index is 694. The fraction of sp³-hybridized carbons (Fsp3) is 0.692. The normalized spacial score (nSPS) is 28.2. The van der Waals surface area contributed by atoms with Gasteiger partial charge in [-0.25, -0.2) is 0 Å². The van der Waals surface area contributed by atoms with E-state index >= 15 is 0 Å². The summed E-state index contributed by atoms with van der Waals surface area (Å²) in [5, 5.41) is 0.164. The highest BCUT2D eigenvalue weighted by Crippen LogP contribution is 2.41. The molecule has 0 unspecified atom stereocenters. The molecular weight excluding hydrogens is 404 g/mol. The summed E-state index contributed by atoms with van der Waals surface area (Å²) in [4.78, 5) is 0. The quantitative estimate of drug-likeness (QED) is 0.315. The van der Waals surface area contributed by atoms with Crippen molar-refractivity contribution in [1.82, 2.24) is 0 Å². The Morgan fingerprint density at radius 1 is 1.13 bits per heavy atom. The largest absolute Gasteiger partial charge is 0.497 e. The van der Waals surface area contributed by atoms with Gasteiger partial charge in [-0.05, 0) is 49.2 Å². The van der Waals surface area contributed by atoms with Gasteiger partial charge in [0.05, 0.1) is 38.1 Å². The average molecular weight is 449 g/mol. The van der Waals surface area contributed by atoms with E-state index in [1.54, 1.807) is 7.11 Å². The number of methoxy groups -OCH3 is 1. The molecule has 0 bridgehead atoms. The van der Waals surface area contributed by atoms with E-state index in [0.29, 0.717) is 6.61 Å². The Morgan fingerprint density at radius 2 is 1.74 bits per heavy atom. The Labute approximate surface area is 191 Å². The van der Waals surface area contributed by atoms with E-state index in [2.05, 4.69) is 73.3 Å². The fourth-order valence-electron chi connectivity index (χ4n) is 4.23. The number of hydrogen-bond donors (Lipinski definition) is 0. The summed E-state index contributed by atoms with van der Waals surface area (Å²) in [6.07, 6.45) is 2.97. The summed E-state index contributed by atoms with van der Waals surface area (Å²) in [6.45, 7) is 22.6. The minimum Gasteiger partial charge on any atom is -0.497 e. The Morgan fingerprint density at radius 3 is 2.26 bits per heavy atom. The minimum atomic E-state index is -1.89. The second kappa shape index (κ2) is 10.6. The molecule has 1 heterocycles. The summed E-state index contributed by atoms with van der Waals surface area (Å²) >= 11 is 0. The third-order valence-electron chi connectivity index (χ3n) is 7.22. The van der Waals surface area contributed by atoms with Crippen LogP contribution < -0.4 is 4.74 Å². The van der Waals surface area contributed by atoms with E-state index in [-0.39, 0.29) is 41.3 Å². The maximum atomic E-state index is 6.73. The monoisotopic (exact) mass is 448 g/mol. The molecule has 0 N–H and O–H groups in total. The second-order valence-electron chi connectivity index (χ2n) is 10.6. The minimum absolute atomic E-state index is 0.00357. The smallest absolute Gasteiger partial charge is 0.192 e. The van der Waals surface area contributed by atoms with E-state index in [1.807, 2.05) is 18.2 Å². The average Bonchev–Trinajstić information content (AvgIpc) is 2.69. The molecule has 2 rings (SSSR count). The molecule has 0 spiro atoms. The Hall–Kier alpha value is -1.14. The van der Waals surface area contributed by atoms with E-state index in [9.17, 15) is 0 Å². The molecule has 1 aromatic carbocycles. The van der Waals surface area contributed by atoms with Gasteiger partial charge in [-0.2, -0.15) is 0 Å². The molecule has 5 heteroatoms. The lowest BCUT2D eigenvalue weighted by molar-refractivity contribution is -0.204. The summed E-state index contributed by atoms with van der Waals surface area (Å²) in [5.41, 5.74) is 1.15. The first-order valence-corrected chi connectivity index (χ1v) is 14.5. The van der Waals surface area contributed by atoms with Crippen LogP contribution in [0.3, 0.4) is 0 Å². The number of benzene rings is 1. The van der Waals surface area contributed by atoms with E-state index in [4.69, 9.17) is 18.6 Å².